The van der Waals surface area contributed by atoms with Gasteiger partial charge in [0.25, 0.3) is 5.91 Å². The first-order chi connectivity index (χ1) is 43.5. The van der Waals surface area contributed by atoms with E-state index in [-0.39, 0.29) is 87.7 Å². The molecule has 13 atom stereocenters. The van der Waals surface area contributed by atoms with Crippen molar-refractivity contribution < 1.29 is 90.9 Å². The summed E-state index contributed by atoms with van der Waals surface area (Å²) in [6, 6.07) is 23.0. The number of Topliss-reactive ketones (excluding diaryl/α,β-unsaturated/α-hetero) is 1. The van der Waals surface area contributed by atoms with Gasteiger partial charge in [-0.05, 0) is 97.3 Å². The summed E-state index contributed by atoms with van der Waals surface area (Å²) in [5.74, 6) is -0.120. The molecule has 3 saturated carbocycles. The predicted octanol–water partition coefficient (Wildman–Crippen LogP) is 6.66. The summed E-state index contributed by atoms with van der Waals surface area (Å²) in [6.07, 6.45) is -7.05. The van der Waals surface area contributed by atoms with Gasteiger partial charge in [0.15, 0.2) is 17.5 Å². The van der Waals surface area contributed by atoms with Gasteiger partial charge in [-0.3, -0.25) is 28.8 Å². The van der Waals surface area contributed by atoms with Crippen LogP contribution in [0.4, 0.5) is 4.79 Å². The zero-order valence-corrected chi connectivity index (χ0v) is 52.6. The Labute approximate surface area is 529 Å². The van der Waals surface area contributed by atoms with Crippen molar-refractivity contribution in [1.82, 2.24) is 16.0 Å². The van der Waals surface area contributed by atoms with Crippen LogP contribution in [0.5, 0.6) is 0 Å². The highest BCUT2D eigenvalue weighted by Crippen LogP contribution is 2.67. The predicted molar refractivity (Wildman–Crippen MR) is 325 cm³/mol. The van der Waals surface area contributed by atoms with Gasteiger partial charge in [-0.2, -0.15) is 0 Å². The number of aliphatic hydroxyl groups excluding tert-OH is 1. The van der Waals surface area contributed by atoms with E-state index in [4.69, 9.17) is 42.6 Å². The smallest absolute Gasteiger partial charge is 0.407 e. The molecule has 0 spiro atoms. The van der Waals surface area contributed by atoms with E-state index in [0.29, 0.717) is 29.9 Å². The van der Waals surface area contributed by atoms with Crippen molar-refractivity contribution in [2.45, 2.75) is 148 Å². The van der Waals surface area contributed by atoms with Gasteiger partial charge >= 0.3 is 35.9 Å². The molecule has 3 aromatic rings. The Bertz CT molecular complexity index is 3260. The maximum Gasteiger partial charge on any atom is 0.407 e. The molecule has 4 fully saturated rings. The first-order valence-electron chi connectivity index (χ1n) is 31.3. The van der Waals surface area contributed by atoms with Crippen LogP contribution in [-0.4, -0.2) is 154 Å². The Morgan fingerprint density at radius 2 is 1.34 bits per heavy atom. The third-order valence-corrected chi connectivity index (χ3v) is 19.6. The van der Waals surface area contributed by atoms with Crippen LogP contribution in [0.1, 0.15) is 132 Å². The van der Waals surface area contributed by atoms with Crippen LogP contribution in [0, 0.1) is 51.8 Å². The SMILES string of the molecule is CC(=O)O[C@H]1C(=O)[C@]2(C)[C@@H](O)CC3OC[C@@]3(OC(C)=O)[C@H]2[C@H](OC(=O)c2ccccc2)[C@]2(C)C[C@H](OC(=O)[C@H](OC(=O)CCC(=O)NCCOCCOCCNC(=O)OCC3C4CCC#CCCC43)[C@@H](NC(=O)c3ccccc3)c3ccccc3)C(C)=C1C2(C)C. The number of fused-ring (bicyclic) bond motifs is 6. The molecule has 4 N–H and O–H groups in total. The van der Waals surface area contributed by atoms with E-state index in [1.807, 2.05) is 0 Å². The second kappa shape index (κ2) is 29.1. The van der Waals surface area contributed by atoms with Gasteiger partial charge in [0.05, 0.1) is 69.1 Å². The Morgan fingerprint density at radius 3 is 1.93 bits per heavy atom. The first-order valence-corrected chi connectivity index (χ1v) is 31.3. The highest BCUT2D eigenvalue weighted by atomic mass is 16.6. The number of esters is 5. The van der Waals surface area contributed by atoms with Crippen molar-refractivity contribution in [3.8, 4) is 11.8 Å². The van der Waals surface area contributed by atoms with Crippen molar-refractivity contribution in [2.24, 2.45) is 39.9 Å². The lowest BCUT2D eigenvalue weighted by Gasteiger charge is -2.68. The molecule has 0 radical (unpaired) electrons. The quantitative estimate of drug-likeness (QED) is 0.0227. The van der Waals surface area contributed by atoms with Crippen molar-refractivity contribution in [3.63, 3.8) is 0 Å². The van der Waals surface area contributed by atoms with E-state index in [2.05, 4.69) is 27.8 Å². The Hall–Kier alpha value is -7.97. The maximum atomic E-state index is 15.9. The van der Waals surface area contributed by atoms with Crippen LogP contribution in [-0.2, 0) is 71.4 Å². The normalized spacial score (nSPS) is 28.9. The standard InChI is InChI=1S/C69H83N3O19/c1-41-50(38-67(6)61(90-63(80)46-25-17-12-18-26-46)59-68(7,51(75)37-52-69(59,40-86-52)91-43(3)74)60(78)57(87-42(2)73)55(41)66(67,4)5)88-64(81)58(56(44-21-13-10-14-22-44)72-62(79)45-23-15-11-16-24-45)89-54(77)30-29-53(76)70-31-33-83-35-36-84-34-32-71-65(82)85-39-49-47-27-19-8-9-20-28-48(47)49/h10-18,21-26,47-52,56-59,61,75H,19-20,27-40H2,1-7H3,(H,70,76)(H,71,82)(H,72,79)/t47?,48?,49?,50-,51-,52?,56-,57+,58+,59-,61-,67-,68+,69-/m0/s1. The molecule has 3 unspecified atom stereocenters. The van der Waals surface area contributed by atoms with Gasteiger partial charge < -0.3 is 63.7 Å². The van der Waals surface area contributed by atoms with Gasteiger partial charge in [0.2, 0.25) is 12.0 Å². The molecule has 5 aliphatic carbocycles. The fourth-order valence-electron chi connectivity index (χ4n) is 14.4. The van der Waals surface area contributed by atoms with E-state index in [1.54, 1.807) is 119 Å². The van der Waals surface area contributed by atoms with Crippen LogP contribution < -0.4 is 16.0 Å². The number of nitrogens with one attached hydrogen (secondary N) is 3. The minimum absolute atomic E-state index is 0.0788. The largest absolute Gasteiger partial charge is 0.458 e. The molecular weight excluding hydrogens is 1170 g/mol. The lowest BCUT2D eigenvalue weighted by molar-refractivity contribution is -0.340. The minimum Gasteiger partial charge on any atom is -0.458 e. The number of hydrogen-bond acceptors (Lipinski definition) is 19. The summed E-state index contributed by atoms with van der Waals surface area (Å²) in [5.41, 5.74) is -5.47. The minimum atomic E-state index is -1.98. The van der Waals surface area contributed by atoms with Crippen LogP contribution in [0.3, 0.4) is 0 Å². The maximum absolute atomic E-state index is 15.9. The summed E-state index contributed by atoms with van der Waals surface area (Å²) >= 11 is 0. The summed E-state index contributed by atoms with van der Waals surface area (Å²) in [4.78, 5) is 127. The molecule has 22 nitrogen and oxygen atoms in total. The molecule has 22 heteroatoms. The fraction of sp³-hybridized carbons (Fsp3) is 0.551. The van der Waals surface area contributed by atoms with E-state index in [0.717, 1.165) is 32.6 Å². The third-order valence-electron chi connectivity index (χ3n) is 19.6. The summed E-state index contributed by atoms with van der Waals surface area (Å²) in [6.45, 7) is 11.9. The lowest BCUT2D eigenvalue weighted by atomic mass is 9.42. The number of carbonyl (C=O) groups excluding carboxylic acids is 9. The third kappa shape index (κ3) is 14.7. The van der Waals surface area contributed by atoms with Gasteiger partial charge in [-0.15, -0.1) is 11.8 Å². The number of alkyl carbamates (subject to hydrolysis) is 1. The highest BCUT2D eigenvalue weighted by molar-refractivity contribution is 5.96. The summed E-state index contributed by atoms with van der Waals surface area (Å²) < 4.78 is 54.4. The number of rotatable bonds is 25. The molecule has 91 heavy (non-hydrogen) atoms. The van der Waals surface area contributed by atoms with Crippen molar-refractivity contribution in [3.05, 3.63) is 119 Å². The second-order valence-corrected chi connectivity index (χ2v) is 25.3. The molecule has 6 aliphatic rings. The van der Waals surface area contributed by atoms with E-state index < -0.39 is 130 Å². The molecule has 1 aliphatic heterocycles. The average molecular weight is 1260 g/mol. The van der Waals surface area contributed by atoms with Gasteiger partial charge in [0, 0.05) is 63.6 Å². The van der Waals surface area contributed by atoms with Crippen molar-refractivity contribution in [2.75, 3.05) is 52.7 Å². The van der Waals surface area contributed by atoms with Gasteiger partial charge in [-0.1, -0.05) is 87.5 Å². The second-order valence-electron chi connectivity index (χ2n) is 25.3. The Balaban J connectivity index is 0.925. The number of hydrogen-bond donors (Lipinski definition) is 4. The molecule has 488 valence electrons. The van der Waals surface area contributed by atoms with E-state index in [1.165, 1.54) is 13.8 Å². The fourth-order valence-corrected chi connectivity index (χ4v) is 14.4. The van der Waals surface area contributed by atoms with E-state index >= 15 is 9.59 Å². The molecule has 3 aromatic carbocycles. The lowest BCUT2D eigenvalue weighted by Crippen LogP contribution is -2.80. The molecule has 2 bridgehead atoms. The number of ketones is 1. The van der Waals surface area contributed by atoms with Gasteiger partial charge in [0.1, 0.15) is 24.4 Å². The Kier molecular flexibility index (Phi) is 21.6. The van der Waals surface area contributed by atoms with E-state index in [9.17, 15) is 38.7 Å². The number of benzene rings is 3. The monoisotopic (exact) mass is 1260 g/mol. The molecule has 0 aromatic heterocycles. The van der Waals surface area contributed by atoms with Gasteiger partial charge in [-0.25, -0.2) is 14.4 Å². The molecule has 1 heterocycles. The molecular formula is C69H83N3O19. The van der Waals surface area contributed by atoms with Crippen LogP contribution >= 0.6 is 0 Å². The van der Waals surface area contributed by atoms with Crippen LogP contribution in [0.15, 0.2) is 102 Å². The Morgan fingerprint density at radius 1 is 0.736 bits per heavy atom. The van der Waals surface area contributed by atoms with Crippen LogP contribution in [0.25, 0.3) is 0 Å². The topological polar surface area (TPSA) is 293 Å². The molecule has 9 rings (SSSR count). The zero-order chi connectivity index (χ0) is 65.3. The zero-order valence-electron chi connectivity index (χ0n) is 52.6. The number of ether oxygens (including phenoxy) is 9. The summed E-state index contributed by atoms with van der Waals surface area (Å²) in [7, 11) is 0. The number of carbonyl (C=O) groups is 9. The highest BCUT2D eigenvalue weighted by Gasteiger charge is 2.77. The summed E-state index contributed by atoms with van der Waals surface area (Å²) in [5, 5.41) is 20.6. The average Bonchev–Trinajstić information content (AvgIpc) is 1.22. The van der Waals surface area contributed by atoms with Crippen molar-refractivity contribution in [1.29, 1.82) is 0 Å². The number of amides is 3. The van der Waals surface area contributed by atoms with Crippen LogP contribution in [0.2, 0.25) is 0 Å². The molecule has 1 saturated heterocycles. The molecule has 3 amide bonds. The van der Waals surface area contributed by atoms with Crippen molar-refractivity contribution >= 4 is 53.5 Å². The first kappa shape index (κ1) is 67.4. The number of aliphatic hydroxyl groups is 1.